The summed E-state index contributed by atoms with van der Waals surface area (Å²) < 4.78 is 24.6. The minimum absolute atomic E-state index is 0.00279. The smallest absolute Gasteiger partial charge is 0.343 e. The van der Waals surface area contributed by atoms with Crippen molar-refractivity contribution < 1.29 is 18.3 Å². The highest BCUT2D eigenvalue weighted by Gasteiger charge is 2.37. The van der Waals surface area contributed by atoms with Crippen molar-refractivity contribution in [3.63, 3.8) is 0 Å². The third-order valence-corrected chi connectivity index (χ3v) is 3.83. The molecule has 1 aliphatic heterocycles. The van der Waals surface area contributed by atoms with Gasteiger partial charge in [-0.15, -0.1) is 0 Å². The molecule has 0 saturated carbocycles. The quantitative estimate of drug-likeness (QED) is 0.745. The van der Waals surface area contributed by atoms with Gasteiger partial charge in [-0.3, -0.25) is 0 Å². The lowest BCUT2D eigenvalue weighted by Gasteiger charge is -2.11. The number of anilines is 1. The second kappa shape index (κ2) is 5.45. The Morgan fingerprint density at radius 2 is 2.00 bits per heavy atom. The van der Waals surface area contributed by atoms with E-state index in [4.69, 9.17) is 14.9 Å². The summed E-state index contributed by atoms with van der Waals surface area (Å²) in [6.07, 6.45) is 0.916. The molecule has 1 aliphatic rings. The van der Waals surface area contributed by atoms with Crippen LogP contribution in [0.4, 0.5) is 10.3 Å². The van der Waals surface area contributed by atoms with Crippen LogP contribution in [0.5, 0.6) is 0 Å². The van der Waals surface area contributed by atoms with E-state index in [2.05, 4.69) is 9.97 Å². The van der Waals surface area contributed by atoms with Crippen molar-refractivity contribution in [3.05, 3.63) is 65.3 Å². The molecule has 1 aromatic carbocycles. The van der Waals surface area contributed by atoms with Crippen molar-refractivity contribution in [1.82, 2.24) is 9.97 Å². The van der Waals surface area contributed by atoms with Crippen molar-refractivity contribution in [2.75, 3.05) is 5.73 Å². The minimum Gasteiger partial charge on any atom is -0.463 e. The fraction of sp³-hybridized carbons (Fsp3) is 0.118. The van der Waals surface area contributed by atoms with E-state index in [0.717, 1.165) is 0 Å². The van der Waals surface area contributed by atoms with E-state index < -0.39 is 12.1 Å². The van der Waals surface area contributed by atoms with Crippen molar-refractivity contribution in [2.45, 2.75) is 12.5 Å². The summed E-state index contributed by atoms with van der Waals surface area (Å²) in [5.74, 6) is -0.547. The highest BCUT2D eigenvalue weighted by atomic mass is 19.1. The Labute approximate surface area is 136 Å². The van der Waals surface area contributed by atoms with Crippen molar-refractivity contribution >= 4 is 11.9 Å². The second-order valence-corrected chi connectivity index (χ2v) is 5.36. The number of nitrogens with zero attached hydrogens (tertiary/aromatic N) is 2. The first-order valence-corrected chi connectivity index (χ1v) is 7.29. The molecule has 4 rings (SSSR count). The van der Waals surface area contributed by atoms with E-state index in [0.29, 0.717) is 17.0 Å². The summed E-state index contributed by atoms with van der Waals surface area (Å²) in [4.78, 5) is 20.5. The number of esters is 1. The molecule has 3 aromatic rings. The molecule has 1 atom stereocenters. The number of rotatable bonds is 3. The molecule has 0 amide bonds. The first-order chi connectivity index (χ1) is 11.6. The van der Waals surface area contributed by atoms with Gasteiger partial charge in [-0.25, -0.2) is 19.2 Å². The molecule has 1 unspecified atom stereocenters. The van der Waals surface area contributed by atoms with Gasteiger partial charge in [0.2, 0.25) is 5.95 Å². The molecule has 2 N–H and O–H groups in total. The molecule has 120 valence electrons. The van der Waals surface area contributed by atoms with Crippen LogP contribution in [0.2, 0.25) is 0 Å². The SMILES string of the molecule is Nc1nc(-c2ccco2)c2c(n1)C(Cc1ccccc1F)OC2=O. The fourth-order valence-corrected chi connectivity index (χ4v) is 2.77. The Hall–Kier alpha value is -3.22. The maximum absolute atomic E-state index is 13.9. The number of nitrogen functional groups attached to an aromatic ring is 1. The average Bonchev–Trinajstić information content (AvgIpc) is 3.18. The third kappa shape index (κ3) is 2.30. The summed E-state index contributed by atoms with van der Waals surface area (Å²) in [6, 6.07) is 9.66. The Morgan fingerprint density at radius 1 is 1.17 bits per heavy atom. The van der Waals surface area contributed by atoms with Crippen LogP contribution < -0.4 is 5.73 Å². The molecular weight excluding hydrogens is 313 g/mol. The van der Waals surface area contributed by atoms with E-state index in [9.17, 15) is 9.18 Å². The Balaban J connectivity index is 1.79. The van der Waals surface area contributed by atoms with Crippen LogP contribution in [-0.2, 0) is 11.2 Å². The average molecular weight is 325 g/mol. The summed E-state index contributed by atoms with van der Waals surface area (Å²) >= 11 is 0. The number of carbonyl (C=O) groups is 1. The maximum atomic E-state index is 13.9. The lowest BCUT2D eigenvalue weighted by Crippen LogP contribution is -2.07. The maximum Gasteiger partial charge on any atom is 0.343 e. The molecule has 0 fully saturated rings. The van der Waals surface area contributed by atoms with E-state index in [1.54, 1.807) is 30.3 Å². The number of hydrogen-bond donors (Lipinski definition) is 1. The molecule has 0 spiro atoms. The van der Waals surface area contributed by atoms with Gasteiger partial charge in [-0.1, -0.05) is 18.2 Å². The number of fused-ring (bicyclic) bond motifs is 1. The molecule has 3 heterocycles. The highest BCUT2D eigenvalue weighted by Crippen LogP contribution is 2.37. The topological polar surface area (TPSA) is 91.2 Å². The fourth-order valence-electron chi connectivity index (χ4n) is 2.77. The summed E-state index contributed by atoms with van der Waals surface area (Å²) in [5, 5.41) is 0. The van der Waals surface area contributed by atoms with Crippen LogP contribution in [0.1, 0.15) is 27.7 Å². The van der Waals surface area contributed by atoms with E-state index in [1.807, 2.05) is 0 Å². The molecular formula is C17H12FN3O3. The Bertz CT molecular complexity index is 925. The molecule has 0 bridgehead atoms. The number of halogens is 1. The van der Waals surface area contributed by atoms with E-state index in [-0.39, 0.29) is 29.4 Å². The van der Waals surface area contributed by atoms with Crippen LogP contribution in [-0.4, -0.2) is 15.9 Å². The zero-order valence-corrected chi connectivity index (χ0v) is 12.4. The number of furan rings is 1. The number of carbonyl (C=O) groups excluding carboxylic acids is 1. The Morgan fingerprint density at radius 3 is 2.75 bits per heavy atom. The van der Waals surface area contributed by atoms with E-state index in [1.165, 1.54) is 12.3 Å². The highest BCUT2D eigenvalue weighted by molar-refractivity contribution is 5.99. The van der Waals surface area contributed by atoms with Gasteiger partial charge in [0, 0.05) is 6.42 Å². The largest absolute Gasteiger partial charge is 0.463 e. The predicted octanol–water partition coefficient (Wildman–Crippen LogP) is 2.91. The van der Waals surface area contributed by atoms with Gasteiger partial charge in [-0.05, 0) is 23.8 Å². The molecule has 24 heavy (non-hydrogen) atoms. The first-order valence-electron chi connectivity index (χ1n) is 7.29. The van der Waals surface area contributed by atoms with Gasteiger partial charge in [0.1, 0.15) is 28.9 Å². The lowest BCUT2D eigenvalue weighted by atomic mass is 10.0. The van der Waals surface area contributed by atoms with E-state index >= 15 is 0 Å². The summed E-state index contributed by atoms with van der Waals surface area (Å²) in [5.41, 5.74) is 7.03. The standard InChI is InChI=1S/C17H12FN3O3/c18-10-5-2-1-4-9(10)8-12-15-13(16(22)24-12)14(20-17(19)21-15)11-6-3-7-23-11/h1-7,12H,8H2,(H2,19,20,21). The zero-order valence-electron chi connectivity index (χ0n) is 12.4. The van der Waals surface area contributed by atoms with Gasteiger partial charge in [-0.2, -0.15) is 0 Å². The molecule has 2 aromatic heterocycles. The predicted molar refractivity (Wildman–Crippen MR) is 82.4 cm³/mol. The van der Waals surface area contributed by atoms with Crippen molar-refractivity contribution in [1.29, 1.82) is 0 Å². The lowest BCUT2D eigenvalue weighted by molar-refractivity contribution is 0.0381. The van der Waals surface area contributed by atoms with Gasteiger partial charge >= 0.3 is 5.97 Å². The Kier molecular flexibility index (Phi) is 3.26. The van der Waals surface area contributed by atoms with Crippen molar-refractivity contribution in [2.24, 2.45) is 0 Å². The van der Waals surface area contributed by atoms with Crippen LogP contribution in [0.3, 0.4) is 0 Å². The molecule has 0 saturated heterocycles. The summed E-state index contributed by atoms with van der Waals surface area (Å²) in [6.45, 7) is 0. The normalized spacial score (nSPS) is 16.0. The number of hydrogen-bond acceptors (Lipinski definition) is 6. The number of benzene rings is 1. The van der Waals surface area contributed by atoms with Gasteiger partial charge < -0.3 is 14.9 Å². The van der Waals surface area contributed by atoms with Crippen LogP contribution >= 0.6 is 0 Å². The number of ether oxygens (including phenoxy) is 1. The molecule has 6 nitrogen and oxygen atoms in total. The van der Waals surface area contributed by atoms with Crippen LogP contribution in [0.25, 0.3) is 11.5 Å². The number of cyclic esters (lactones) is 1. The molecule has 0 aliphatic carbocycles. The monoisotopic (exact) mass is 325 g/mol. The van der Waals surface area contributed by atoms with Crippen molar-refractivity contribution in [3.8, 4) is 11.5 Å². The van der Waals surface area contributed by atoms with Crippen LogP contribution in [0.15, 0.2) is 47.1 Å². The number of aromatic nitrogens is 2. The van der Waals surface area contributed by atoms with Crippen LogP contribution in [0, 0.1) is 5.82 Å². The zero-order chi connectivity index (χ0) is 16.7. The first kappa shape index (κ1) is 14.4. The molecule has 7 heteroatoms. The molecule has 0 radical (unpaired) electrons. The third-order valence-electron chi connectivity index (χ3n) is 3.83. The number of nitrogens with two attached hydrogens (primary N) is 1. The second-order valence-electron chi connectivity index (χ2n) is 5.36. The minimum atomic E-state index is -0.719. The van der Waals surface area contributed by atoms with Gasteiger partial charge in [0.15, 0.2) is 5.76 Å². The summed E-state index contributed by atoms with van der Waals surface area (Å²) in [7, 11) is 0. The van der Waals surface area contributed by atoms with Gasteiger partial charge in [0.05, 0.1) is 6.26 Å². The van der Waals surface area contributed by atoms with Gasteiger partial charge in [0.25, 0.3) is 0 Å².